The zero-order valence-electron chi connectivity index (χ0n) is 18.0. The molecule has 4 aromatic rings. The lowest BCUT2D eigenvalue weighted by Crippen LogP contribution is -2.22. The van der Waals surface area contributed by atoms with Gasteiger partial charge in [0, 0.05) is 17.5 Å². The lowest BCUT2D eigenvalue weighted by molar-refractivity contribution is -0.115. The second kappa shape index (κ2) is 9.97. The third-order valence-electron chi connectivity index (χ3n) is 4.84. The van der Waals surface area contributed by atoms with E-state index in [9.17, 15) is 4.79 Å². The van der Waals surface area contributed by atoms with Crippen LogP contribution in [0.2, 0.25) is 0 Å². The van der Waals surface area contributed by atoms with Crippen LogP contribution in [0.3, 0.4) is 0 Å². The molecule has 0 fully saturated rings. The fourth-order valence-corrected chi connectivity index (χ4v) is 4.82. The van der Waals surface area contributed by atoms with E-state index in [2.05, 4.69) is 20.5 Å². The molecule has 0 spiro atoms. The molecule has 164 valence electrons. The minimum absolute atomic E-state index is 0.131. The number of anilines is 1. The standard InChI is InChI=1S/C23H23N5O2S2/c1-4-28-20(17-12-8-9-13-19(17)30-3)26-27-23(28)32-15(2)21(29)25-22-24-18(14-31-22)16-10-6-5-7-11-16/h5-15H,4H2,1-3H3,(H,24,25,29)/t15-/m0/s1. The van der Waals surface area contributed by atoms with E-state index in [4.69, 9.17) is 4.74 Å². The third-order valence-corrected chi connectivity index (χ3v) is 6.67. The molecule has 4 rings (SSSR count). The summed E-state index contributed by atoms with van der Waals surface area (Å²) in [5.41, 5.74) is 2.73. The molecule has 2 aromatic carbocycles. The zero-order valence-corrected chi connectivity index (χ0v) is 19.6. The summed E-state index contributed by atoms with van der Waals surface area (Å²) < 4.78 is 7.46. The van der Waals surface area contributed by atoms with Crippen LogP contribution in [0.1, 0.15) is 13.8 Å². The van der Waals surface area contributed by atoms with Crippen LogP contribution in [0.4, 0.5) is 5.13 Å². The molecule has 0 saturated carbocycles. The van der Waals surface area contributed by atoms with E-state index in [0.29, 0.717) is 22.7 Å². The quantitative estimate of drug-likeness (QED) is 0.360. The van der Waals surface area contributed by atoms with Gasteiger partial charge < -0.3 is 14.6 Å². The Morgan fingerprint density at radius 2 is 1.91 bits per heavy atom. The highest BCUT2D eigenvalue weighted by Gasteiger charge is 2.22. The predicted molar refractivity (Wildman–Crippen MR) is 129 cm³/mol. The van der Waals surface area contributed by atoms with Crippen LogP contribution in [0.5, 0.6) is 5.75 Å². The molecule has 2 aromatic heterocycles. The Hall–Kier alpha value is -3.17. The molecule has 0 aliphatic heterocycles. The van der Waals surface area contributed by atoms with E-state index in [1.807, 2.05) is 78.4 Å². The first-order valence-electron chi connectivity index (χ1n) is 10.2. The molecule has 0 aliphatic rings. The first-order chi connectivity index (χ1) is 15.6. The van der Waals surface area contributed by atoms with Crippen LogP contribution >= 0.6 is 23.1 Å². The topological polar surface area (TPSA) is 81.9 Å². The normalized spacial score (nSPS) is 11.8. The van der Waals surface area contributed by atoms with Gasteiger partial charge in [0.25, 0.3) is 0 Å². The number of thioether (sulfide) groups is 1. The predicted octanol–water partition coefficient (Wildman–Crippen LogP) is 5.22. The first-order valence-corrected chi connectivity index (χ1v) is 11.9. The highest BCUT2D eigenvalue weighted by atomic mass is 32.2. The summed E-state index contributed by atoms with van der Waals surface area (Å²) in [6, 6.07) is 17.6. The highest BCUT2D eigenvalue weighted by Crippen LogP contribution is 2.32. The molecule has 0 saturated heterocycles. The highest BCUT2D eigenvalue weighted by molar-refractivity contribution is 8.00. The molecule has 0 unspecified atom stereocenters. The summed E-state index contributed by atoms with van der Waals surface area (Å²) >= 11 is 2.78. The average molecular weight is 466 g/mol. The lowest BCUT2D eigenvalue weighted by Gasteiger charge is -2.12. The molecule has 7 nitrogen and oxygen atoms in total. The third kappa shape index (κ3) is 4.68. The first kappa shape index (κ1) is 22.0. The van der Waals surface area contributed by atoms with E-state index in [-0.39, 0.29) is 11.2 Å². The number of carbonyl (C=O) groups is 1. The Labute approximate surface area is 194 Å². The zero-order chi connectivity index (χ0) is 22.5. The maximum absolute atomic E-state index is 12.8. The molecular formula is C23H23N5O2S2. The molecule has 9 heteroatoms. The van der Waals surface area contributed by atoms with Crippen molar-refractivity contribution in [2.24, 2.45) is 0 Å². The van der Waals surface area contributed by atoms with Crippen molar-refractivity contribution >= 4 is 34.1 Å². The molecule has 1 N–H and O–H groups in total. The molecule has 1 amide bonds. The van der Waals surface area contributed by atoms with Gasteiger partial charge in [-0.25, -0.2) is 4.98 Å². The van der Waals surface area contributed by atoms with E-state index in [1.54, 1.807) is 7.11 Å². The largest absolute Gasteiger partial charge is 0.496 e. The summed E-state index contributed by atoms with van der Waals surface area (Å²) in [4.78, 5) is 17.3. The minimum Gasteiger partial charge on any atom is -0.496 e. The molecule has 0 aliphatic carbocycles. The Morgan fingerprint density at radius 1 is 1.16 bits per heavy atom. The van der Waals surface area contributed by atoms with Crippen LogP contribution in [0.25, 0.3) is 22.6 Å². The number of thiazole rings is 1. The molecule has 32 heavy (non-hydrogen) atoms. The summed E-state index contributed by atoms with van der Waals surface area (Å²) in [5.74, 6) is 1.32. The molecule has 0 radical (unpaired) electrons. The maximum atomic E-state index is 12.8. The smallest absolute Gasteiger partial charge is 0.239 e. The maximum Gasteiger partial charge on any atom is 0.239 e. The van der Waals surface area contributed by atoms with Crippen LogP contribution in [0.15, 0.2) is 65.1 Å². The van der Waals surface area contributed by atoms with Crippen molar-refractivity contribution in [1.82, 2.24) is 19.7 Å². The van der Waals surface area contributed by atoms with Gasteiger partial charge in [0.1, 0.15) is 5.75 Å². The van der Waals surface area contributed by atoms with Gasteiger partial charge in [0.2, 0.25) is 5.91 Å². The van der Waals surface area contributed by atoms with E-state index < -0.39 is 0 Å². The lowest BCUT2D eigenvalue weighted by atomic mass is 10.2. The fraction of sp³-hybridized carbons (Fsp3) is 0.217. The van der Waals surface area contributed by atoms with Gasteiger partial charge in [-0.1, -0.05) is 54.2 Å². The number of nitrogens with zero attached hydrogens (tertiary/aromatic N) is 4. The Morgan fingerprint density at radius 3 is 2.66 bits per heavy atom. The summed E-state index contributed by atoms with van der Waals surface area (Å²) in [6.07, 6.45) is 0. The van der Waals surface area contributed by atoms with Crippen LogP contribution in [-0.2, 0) is 11.3 Å². The molecule has 0 bridgehead atoms. The second-order valence-electron chi connectivity index (χ2n) is 6.90. The summed E-state index contributed by atoms with van der Waals surface area (Å²) in [5, 5.41) is 14.4. The summed E-state index contributed by atoms with van der Waals surface area (Å²) in [6.45, 7) is 4.55. The van der Waals surface area contributed by atoms with Gasteiger partial charge in [0.05, 0.1) is 23.6 Å². The number of ether oxygens (including phenoxy) is 1. The Kier molecular flexibility index (Phi) is 6.87. The number of para-hydroxylation sites is 1. The van der Waals surface area contributed by atoms with Crippen LogP contribution in [0, 0.1) is 0 Å². The van der Waals surface area contributed by atoms with Crippen molar-refractivity contribution in [3.8, 4) is 28.4 Å². The van der Waals surface area contributed by atoms with Gasteiger partial charge in [-0.3, -0.25) is 4.79 Å². The summed E-state index contributed by atoms with van der Waals surface area (Å²) in [7, 11) is 1.63. The number of amides is 1. The minimum atomic E-state index is -0.376. The van der Waals surface area contributed by atoms with Gasteiger partial charge in [-0.15, -0.1) is 21.5 Å². The van der Waals surface area contributed by atoms with Gasteiger partial charge >= 0.3 is 0 Å². The monoisotopic (exact) mass is 465 g/mol. The van der Waals surface area contributed by atoms with Crippen LogP contribution < -0.4 is 10.1 Å². The average Bonchev–Trinajstić information content (AvgIpc) is 3.46. The SMILES string of the molecule is CCn1c(S[C@@H](C)C(=O)Nc2nc(-c3ccccc3)cs2)nnc1-c1ccccc1OC. The Bertz CT molecular complexity index is 1210. The van der Waals surface area contributed by atoms with E-state index >= 15 is 0 Å². The van der Waals surface area contributed by atoms with Crippen molar-refractivity contribution in [2.45, 2.75) is 30.8 Å². The number of nitrogens with one attached hydrogen (secondary N) is 1. The molecule has 1 atom stereocenters. The number of hydrogen-bond donors (Lipinski definition) is 1. The van der Waals surface area contributed by atoms with Gasteiger partial charge in [-0.05, 0) is 26.0 Å². The van der Waals surface area contributed by atoms with Crippen molar-refractivity contribution in [1.29, 1.82) is 0 Å². The molecule has 2 heterocycles. The Balaban J connectivity index is 1.47. The van der Waals surface area contributed by atoms with Crippen molar-refractivity contribution in [3.63, 3.8) is 0 Å². The number of hydrogen-bond acceptors (Lipinski definition) is 7. The number of methoxy groups -OCH3 is 1. The number of carbonyl (C=O) groups excluding carboxylic acids is 1. The van der Waals surface area contributed by atoms with E-state index in [1.165, 1.54) is 23.1 Å². The van der Waals surface area contributed by atoms with Crippen molar-refractivity contribution in [2.75, 3.05) is 12.4 Å². The van der Waals surface area contributed by atoms with Crippen molar-refractivity contribution in [3.05, 3.63) is 60.0 Å². The van der Waals surface area contributed by atoms with Crippen LogP contribution in [-0.4, -0.2) is 38.0 Å². The van der Waals surface area contributed by atoms with Crippen molar-refractivity contribution < 1.29 is 9.53 Å². The fourth-order valence-electron chi connectivity index (χ4n) is 3.18. The van der Waals surface area contributed by atoms with Gasteiger partial charge in [-0.2, -0.15) is 0 Å². The van der Waals surface area contributed by atoms with Gasteiger partial charge in [0.15, 0.2) is 16.1 Å². The number of rotatable bonds is 8. The second-order valence-corrected chi connectivity index (χ2v) is 9.07. The number of aromatic nitrogens is 4. The molecular weight excluding hydrogens is 442 g/mol. The van der Waals surface area contributed by atoms with E-state index in [0.717, 1.165) is 22.6 Å². The number of benzene rings is 2.